The molecule has 7 heteroatoms. The van der Waals surface area contributed by atoms with E-state index in [-0.39, 0.29) is 25.0 Å². The van der Waals surface area contributed by atoms with Gasteiger partial charge in [-0.2, -0.15) is 0 Å². The van der Waals surface area contributed by atoms with Gasteiger partial charge in [0.25, 0.3) is 0 Å². The molecule has 0 saturated heterocycles. The first kappa shape index (κ1) is 21.4. The molecule has 0 aliphatic carbocycles. The molecule has 0 atom stereocenters. The predicted molar refractivity (Wildman–Crippen MR) is 115 cm³/mol. The van der Waals surface area contributed by atoms with E-state index in [1.165, 1.54) is 12.1 Å². The molecule has 0 amide bonds. The van der Waals surface area contributed by atoms with Crippen molar-refractivity contribution in [2.45, 2.75) is 19.7 Å². The standard InChI is InChI=1S/C22H19BrFNO3.ClH/c23-18-4-8-20(26-13-15-1-5-19(24)6-2-15)17(10-18)12-25-11-16-3-7-21-22(9-16)28-14-27-21;/h1-10,25H,11-14H2;1H. The summed E-state index contributed by atoms with van der Waals surface area (Å²) in [5, 5.41) is 3.44. The van der Waals surface area contributed by atoms with Crippen LogP contribution in [0, 0.1) is 5.82 Å². The highest BCUT2D eigenvalue weighted by Crippen LogP contribution is 2.32. The van der Waals surface area contributed by atoms with E-state index < -0.39 is 0 Å². The Morgan fingerprint density at radius 1 is 0.897 bits per heavy atom. The maximum atomic E-state index is 13.0. The average molecular weight is 481 g/mol. The van der Waals surface area contributed by atoms with Gasteiger partial charge < -0.3 is 19.5 Å². The van der Waals surface area contributed by atoms with Gasteiger partial charge in [-0.1, -0.05) is 34.1 Å². The van der Waals surface area contributed by atoms with Crippen molar-refractivity contribution in [2.75, 3.05) is 6.79 Å². The molecule has 0 bridgehead atoms. The molecular weight excluding hydrogens is 461 g/mol. The van der Waals surface area contributed by atoms with Crippen molar-refractivity contribution in [1.82, 2.24) is 5.32 Å². The predicted octanol–water partition coefficient (Wildman–Crippen LogP) is 5.61. The van der Waals surface area contributed by atoms with Crippen molar-refractivity contribution in [1.29, 1.82) is 0 Å². The van der Waals surface area contributed by atoms with Gasteiger partial charge in [-0.3, -0.25) is 0 Å². The van der Waals surface area contributed by atoms with E-state index in [4.69, 9.17) is 14.2 Å². The zero-order valence-electron chi connectivity index (χ0n) is 15.5. The number of fused-ring (bicyclic) bond motifs is 1. The van der Waals surface area contributed by atoms with Crippen LogP contribution in [0.3, 0.4) is 0 Å². The Balaban J connectivity index is 0.00000240. The van der Waals surface area contributed by atoms with E-state index in [0.717, 1.165) is 38.4 Å². The topological polar surface area (TPSA) is 39.7 Å². The molecule has 3 aromatic rings. The van der Waals surface area contributed by atoms with Gasteiger partial charge in [-0.25, -0.2) is 4.39 Å². The highest BCUT2D eigenvalue weighted by Gasteiger charge is 2.13. The van der Waals surface area contributed by atoms with Gasteiger partial charge in [0, 0.05) is 23.1 Å². The number of benzene rings is 3. The summed E-state index contributed by atoms with van der Waals surface area (Å²) in [4.78, 5) is 0. The molecule has 152 valence electrons. The molecule has 1 aliphatic heterocycles. The zero-order chi connectivity index (χ0) is 19.3. The van der Waals surface area contributed by atoms with Gasteiger partial charge in [-0.05, 0) is 53.6 Å². The molecule has 1 N–H and O–H groups in total. The molecule has 0 aromatic heterocycles. The van der Waals surface area contributed by atoms with Gasteiger partial charge in [0.05, 0.1) is 0 Å². The van der Waals surface area contributed by atoms with Gasteiger partial charge in [0.2, 0.25) is 6.79 Å². The van der Waals surface area contributed by atoms with Gasteiger partial charge in [-0.15, -0.1) is 12.4 Å². The largest absolute Gasteiger partial charge is 0.489 e. The smallest absolute Gasteiger partial charge is 0.231 e. The Morgan fingerprint density at radius 2 is 1.66 bits per heavy atom. The number of halogens is 3. The van der Waals surface area contributed by atoms with Crippen molar-refractivity contribution in [2.24, 2.45) is 0 Å². The van der Waals surface area contributed by atoms with Gasteiger partial charge in [0.1, 0.15) is 18.2 Å². The van der Waals surface area contributed by atoms with Crippen LogP contribution in [-0.4, -0.2) is 6.79 Å². The fourth-order valence-electron chi connectivity index (χ4n) is 2.96. The van der Waals surface area contributed by atoms with Crippen LogP contribution in [0.15, 0.2) is 65.1 Å². The minimum absolute atomic E-state index is 0. The summed E-state index contributed by atoms with van der Waals surface area (Å²) in [7, 11) is 0. The summed E-state index contributed by atoms with van der Waals surface area (Å²) in [6.45, 7) is 2.00. The van der Waals surface area contributed by atoms with Crippen molar-refractivity contribution in [3.8, 4) is 17.2 Å². The highest BCUT2D eigenvalue weighted by atomic mass is 79.9. The summed E-state index contributed by atoms with van der Waals surface area (Å²) in [5.74, 6) is 2.11. The molecule has 0 unspecified atom stereocenters. The first-order chi connectivity index (χ1) is 13.7. The molecule has 4 rings (SSSR count). The monoisotopic (exact) mass is 479 g/mol. The Labute approximate surface area is 183 Å². The zero-order valence-corrected chi connectivity index (χ0v) is 17.9. The van der Waals surface area contributed by atoms with E-state index in [2.05, 4.69) is 21.2 Å². The van der Waals surface area contributed by atoms with E-state index in [9.17, 15) is 4.39 Å². The lowest BCUT2D eigenvalue weighted by molar-refractivity contribution is 0.174. The van der Waals surface area contributed by atoms with Crippen molar-refractivity contribution >= 4 is 28.3 Å². The summed E-state index contributed by atoms with van der Waals surface area (Å²) in [5.41, 5.74) is 3.08. The number of hydrogen-bond acceptors (Lipinski definition) is 4. The van der Waals surface area contributed by atoms with Crippen molar-refractivity contribution in [3.05, 3.63) is 87.6 Å². The molecule has 0 saturated carbocycles. The maximum absolute atomic E-state index is 13.0. The molecule has 0 spiro atoms. The van der Waals surface area contributed by atoms with Crippen LogP contribution in [0.25, 0.3) is 0 Å². The lowest BCUT2D eigenvalue weighted by Crippen LogP contribution is -2.13. The van der Waals surface area contributed by atoms with Crippen molar-refractivity contribution < 1.29 is 18.6 Å². The third-order valence-electron chi connectivity index (χ3n) is 4.41. The number of hydrogen-bond donors (Lipinski definition) is 1. The van der Waals surface area contributed by atoms with E-state index in [1.54, 1.807) is 12.1 Å². The van der Waals surface area contributed by atoms with Gasteiger partial charge in [0.15, 0.2) is 11.5 Å². The summed E-state index contributed by atoms with van der Waals surface area (Å²) in [6, 6.07) is 18.2. The Kier molecular flexibility index (Phi) is 7.36. The van der Waals surface area contributed by atoms with E-state index >= 15 is 0 Å². The average Bonchev–Trinajstić information content (AvgIpc) is 3.16. The van der Waals surface area contributed by atoms with E-state index in [0.29, 0.717) is 19.7 Å². The van der Waals surface area contributed by atoms with Crippen LogP contribution in [0.4, 0.5) is 4.39 Å². The Hall–Kier alpha value is -2.28. The summed E-state index contributed by atoms with van der Waals surface area (Å²) >= 11 is 3.52. The van der Waals surface area contributed by atoms with E-state index in [1.807, 2.05) is 36.4 Å². The second-order valence-corrected chi connectivity index (χ2v) is 7.37. The van der Waals surface area contributed by atoms with Crippen LogP contribution in [0.2, 0.25) is 0 Å². The van der Waals surface area contributed by atoms with Crippen LogP contribution in [-0.2, 0) is 19.7 Å². The second-order valence-electron chi connectivity index (χ2n) is 6.46. The molecular formula is C22H20BrClFNO3. The quantitative estimate of drug-likeness (QED) is 0.477. The molecule has 29 heavy (non-hydrogen) atoms. The molecule has 4 nitrogen and oxygen atoms in total. The first-order valence-electron chi connectivity index (χ1n) is 8.92. The van der Waals surface area contributed by atoms with Crippen LogP contribution < -0.4 is 19.5 Å². The normalized spacial score (nSPS) is 11.8. The van der Waals surface area contributed by atoms with Crippen LogP contribution in [0.5, 0.6) is 17.2 Å². The number of rotatable bonds is 7. The van der Waals surface area contributed by atoms with Gasteiger partial charge >= 0.3 is 0 Å². The molecule has 0 fully saturated rings. The molecule has 3 aromatic carbocycles. The van der Waals surface area contributed by atoms with Crippen LogP contribution >= 0.6 is 28.3 Å². The highest BCUT2D eigenvalue weighted by molar-refractivity contribution is 9.10. The SMILES string of the molecule is Cl.Fc1ccc(COc2ccc(Br)cc2CNCc2ccc3c(c2)OCO3)cc1. The Morgan fingerprint density at radius 3 is 2.48 bits per heavy atom. The maximum Gasteiger partial charge on any atom is 0.231 e. The second kappa shape index (κ2) is 9.96. The molecule has 1 aliphatic rings. The molecule has 0 radical (unpaired) electrons. The van der Waals surface area contributed by atoms with Crippen molar-refractivity contribution in [3.63, 3.8) is 0 Å². The minimum atomic E-state index is -0.249. The van der Waals surface area contributed by atoms with Crippen LogP contribution in [0.1, 0.15) is 16.7 Å². The fraction of sp³-hybridized carbons (Fsp3) is 0.182. The number of nitrogens with one attached hydrogen (secondary N) is 1. The number of ether oxygens (including phenoxy) is 3. The Bertz CT molecular complexity index is 969. The third-order valence-corrected chi connectivity index (χ3v) is 4.90. The fourth-order valence-corrected chi connectivity index (χ4v) is 3.37. The lowest BCUT2D eigenvalue weighted by Gasteiger charge is -2.13. The lowest BCUT2D eigenvalue weighted by atomic mass is 10.1. The first-order valence-corrected chi connectivity index (χ1v) is 9.71. The third kappa shape index (κ3) is 5.63. The molecule has 1 heterocycles. The summed E-state index contributed by atoms with van der Waals surface area (Å²) in [6.07, 6.45) is 0. The minimum Gasteiger partial charge on any atom is -0.489 e. The summed E-state index contributed by atoms with van der Waals surface area (Å²) < 4.78 is 30.8.